The van der Waals surface area contributed by atoms with Crippen LogP contribution in [0.5, 0.6) is 0 Å². The van der Waals surface area contributed by atoms with Crippen LogP contribution in [-0.4, -0.2) is 35.3 Å². The molecular weight excluding hydrogens is 300 g/mol. The number of hydrogen-bond acceptors (Lipinski definition) is 5. The number of fused-ring (bicyclic) bond motifs is 1. The molecule has 2 heterocycles. The number of carbonyl (C=O) groups excluding carboxylic acids is 1. The van der Waals surface area contributed by atoms with Gasteiger partial charge in [-0.3, -0.25) is 14.2 Å². The summed E-state index contributed by atoms with van der Waals surface area (Å²) in [6, 6.07) is 7.42. The van der Waals surface area contributed by atoms with E-state index in [1.165, 1.54) is 18.0 Å². The summed E-state index contributed by atoms with van der Waals surface area (Å²) in [5.41, 5.74) is 1.48. The van der Waals surface area contributed by atoms with E-state index in [0.29, 0.717) is 17.4 Å². The van der Waals surface area contributed by atoms with Gasteiger partial charge >= 0.3 is 0 Å². The van der Waals surface area contributed by atoms with Crippen LogP contribution in [0.25, 0.3) is 0 Å². The van der Waals surface area contributed by atoms with Crippen molar-refractivity contribution in [3.8, 4) is 0 Å². The quantitative estimate of drug-likeness (QED) is 0.873. The predicted octanol–water partition coefficient (Wildman–Crippen LogP) is 1.67. The Bertz CT molecular complexity index is 768. The lowest BCUT2D eigenvalue weighted by Gasteiger charge is -2.13. The third-order valence-corrected chi connectivity index (χ3v) is 4.41. The zero-order chi connectivity index (χ0) is 15.7. The van der Waals surface area contributed by atoms with Gasteiger partial charge in [0.1, 0.15) is 5.56 Å². The monoisotopic (exact) mass is 316 g/mol. The average molecular weight is 316 g/mol. The summed E-state index contributed by atoms with van der Waals surface area (Å²) in [7, 11) is 3.89. The molecule has 0 bridgehead atoms. The van der Waals surface area contributed by atoms with Crippen molar-refractivity contribution in [1.82, 2.24) is 9.55 Å². The summed E-state index contributed by atoms with van der Waals surface area (Å²) in [6.07, 6.45) is 1.36. The molecular formula is C15H16N4O2S. The maximum absolute atomic E-state index is 12.3. The first kappa shape index (κ1) is 14.6. The van der Waals surface area contributed by atoms with E-state index >= 15 is 0 Å². The molecule has 0 saturated carbocycles. The van der Waals surface area contributed by atoms with E-state index < -0.39 is 5.91 Å². The Morgan fingerprint density at radius 2 is 2.05 bits per heavy atom. The summed E-state index contributed by atoms with van der Waals surface area (Å²) < 4.78 is 1.55. The van der Waals surface area contributed by atoms with Crippen LogP contribution in [0.3, 0.4) is 0 Å². The number of hydrogen-bond donors (Lipinski definition) is 1. The van der Waals surface area contributed by atoms with Crippen LogP contribution >= 0.6 is 11.8 Å². The Balaban J connectivity index is 1.82. The van der Waals surface area contributed by atoms with Gasteiger partial charge in [0.2, 0.25) is 0 Å². The number of benzene rings is 1. The third kappa shape index (κ3) is 2.71. The number of carbonyl (C=O) groups is 1. The standard InChI is InChI=1S/C15H16N4O2S/c1-18(2)11-5-3-10(4-6-11)17-13(20)12-9-16-15-19(14(12)21)7-8-22-15/h3-6,9H,7-8H2,1-2H3,(H,17,20). The van der Waals surface area contributed by atoms with Gasteiger partial charge < -0.3 is 10.2 Å². The van der Waals surface area contributed by atoms with Crippen molar-refractivity contribution in [1.29, 1.82) is 0 Å². The van der Waals surface area contributed by atoms with Crippen molar-refractivity contribution < 1.29 is 4.79 Å². The lowest BCUT2D eigenvalue weighted by Crippen LogP contribution is -2.29. The maximum Gasteiger partial charge on any atom is 0.267 e. The van der Waals surface area contributed by atoms with Crippen LogP contribution in [-0.2, 0) is 6.54 Å². The molecule has 1 N–H and O–H groups in total. The zero-order valence-corrected chi connectivity index (χ0v) is 13.2. The van der Waals surface area contributed by atoms with Crippen molar-refractivity contribution >= 4 is 29.0 Å². The maximum atomic E-state index is 12.3. The molecule has 114 valence electrons. The van der Waals surface area contributed by atoms with Crippen LogP contribution in [0.15, 0.2) is 40.4 Å². The minimum atomic E-state index is -0.428. The Morgan fingerprint density at radius 3 is 2.73 bits per heavy atom. The number of nitrogens with one attached hydrogen (secondary N) is 1. The Morgan fingerprint density at radius 1 is 1.32 bits per heavy atom. The summed E-state index contributed by atoms with van der Waals surface area (Å²) in [4.78, 5) is 30.7. The normalized spacial score (nSPS) is 12.8. The lowest BCUT2D eigenvalue weighted by atomic mass is 10.2. The highest BCUT2D eigenvalue weighted by atomic mass is 32.2. The van der Waals surface area contributed by atoms with Crippen molar-refractivity contribution in [2.45, 2.75) is 11.7 Å². The molecule has 0 aliphatic carbocycles. The van der Waals surface area contributed by atoms with Crippen molar-refractivity contribution in [2.24, 2.45) is 0 Å². The first-order valence-electron chi connectivity index (χ1n) is 6.87. The summed E-state index contributed by atoms with van der Waals surface area (Å²) in [6.45, 7) is 0.602. The summed E-state index contributed by atoms with van der Waals surface area (Å²) >= 11 is 1.53. The molecule has 3 rings (SSSR count). The van der Waals surface area contributed by atoms with Crippen LogP contribution < -0.4 is 15.8 Å². The number of thioether (sulfide) groups is 1. The first-order chi connectivity index (χ1) is 10.6. The SMILES string of the molecule is CN(C)c1ccc(NC(=O)c2cnc3n(c2=O)CCS3)cc1. The van der Waals surface area contributed by atoms with Gasteiger partial charge in [-0.1, -0.05) is 11.8 Å². The molecule has 0 unspecified atom stereocenters. The van der Waals surface area contributed by atoms with Gasteiger partial charge in [-0.05, 0) is 24.3 Å². The topological polar surface area (TPSA) is 67.2 Å². The van der Waals surface area contributed by atoms with Gasteiger partial charge in [0, 0.05) is 44.0 Å². The molecule has 0 saturated heterocycles. The van der Waals surface area contributed by atoms with E-state index in [2.05, 4.69) is 10.3 Å². The largest absolute Gasteiger partial charge is 0.378 e. The highest BCUT2D eigenvalue weighted by Gasteiger charge is 2.19. The molecule has 1 aromatic carbocycles. The second kappa shape index (κ2) is 5.84. The number of amides is 1. The Kier molecular flexibility index (Phi) is 3.89. The highest BCUT2D eigenvalue weighted by molar-refractivity contribution is 7.99. The second-order valence-electron chi connectivity index (χ2n) is 5.16. The minimum absolute atomic E-state index is 0.0722. The average Bonchev–Trinajstić information content (AvgIpc) is 2.97. The Labute approximate surface area is 132 Å². The molecule has 1 aliphatic heterocycles. The minimum Gasteiger partial charge on any atom is -0.378 e. The summed E-state index contributed by atoms with van der Waals surface area (Å²) in [5, 5.41) is 3.42. The number of nitrogens with zero attached hydrogens (tertiary/aromatic N) is 3. The number of aromatic nitrogens is 2. The number of anilines is 2. The van der Waals surface area contributed by atoms with Gasteiger partial charge in [-0.25, -0.2) is 4.98 Å². The van der Waals surface area contributed by atoms with E-state index in [4.69, 9.17) is 0 Å². The third-order valence-electron chi connectivity index (χ3n) is 3.44. The fourth-order valence-electron chi connectivity index (χ4n) is 2.21. The van der Waals surface area contributed by atoms with E-state index in [1.54, 1.807) is 4.57 Å². The lowest BCUT2D eigenvalue weighted by molar-refractivity contribution is 0.102. The molecule has 0 spiro atoms. The van der Waals surface area contributed by atoms with Gasteiger partial charge in [0.25, 0.3) is 11.5 Å². The van der Waals surface area contributed by atoms with Gasteiger partial charge in [-0.15, -0.1) is 0 Å². The molecule has 2 aromatic rings. The van der Waals surface area contributed by atoms with Crippen LogP contribution in [0, 0.1) is 0 Å². The predicted molar refractivity (Wildman–Crippen MR) is 87.9 cm³/mol. The molecule has 7 heteroatoms. The molecule has 0 atom stereocenters. The summed E-state index contributed by atoms with van der Waals surface area (Å²) in [5.74, 6) is 0.390. The molecule has 22 heavy (non-hydrogen) atoms. The molecule has 6 nitrogen and oxygen atoms in total. The van der Waals surface area contributed by atoms with Crippen LogP contribution in [0.4, 0.5) is 11.4 Å². The molecule has 0 radical (unpaired) electrons. The van der Waals surface area contributed by atoms with E-state index in [-0.39, 0.29) is 11.1 Å². The molecule has 1 aromatic heterocycles. The van der Waals surface area contributed by atoms with E-state index in [0.717, 1.165) is 11.4 Å². The van der Waals surface area contributed by atoms with Gasteiger partial charge in [-0.2, -0.15) is 0 Å². The fraction of sp³-hybridized carbons (Fsp3) is 0.267. The highest BCUT2D eigenvalue weighted by Crippen LogP contribution is 2.21. The zero-order valence-electron chi connectivity index (χ0n) is 12.4. The fourth-order valence-corrected chi connectivity index (χ4v) is 3.13. The first-order valence-corrected chi connectivity index (χ1v) is 7.86. The van der Waals surface area contributed by atoms with Gasteiger partial charge in [0.05, 0.1) is 0 Å². The van der Waals surface area contributed by atoms with Gasteiger partial charge in [0.15, 0.2) is 5.16 Å². The van der Waals surface area contributed by atoms with Crippen LogP contribution in [0.1, 0.15) is 10.4 Å². The molecule has 1 aliphatic rings. The van der Waals surface area contributed by atoms with Crippen molar-refractivity contribution in [3.63, 3.8) is 0 Å². The van der Waals surface area contributed by atoms with Crippen molar-refractivity contribution in [2.75, 3.05) is 30.1 Å². The second-order valence-corrected chi connectivity index (χ2v) is 6.22. The Hall–Kier alpha value is -2.28. The van der Waals surface area contributed by atoms with Crippen LogP contribution in [0.2, 0.25) is 0 Å². The molecule has 0 fully saturated rings. The number of rotatable bonds is 3. The van der Waals surface area contributed by atoms with E-state index in [1.807, 2.05) is 43.3 Å². The van der Waals surface area contributed by atoms with Crippen molar-refractivity contribution in [3.05, 3.63) is 46.4 Å². The molecule has 1 amide bonds. The van der Waals surface area contributed by atoms with E-state index in [9.17, 15) is 9.59 Å². The smallest absolute Gasteiger partial charge is 0.267 e.